The minimum atomic E-state index is -0.0994. The van der Waals surface area contributed by atoms with Crippen molar-refractivity contribution < 1.29 is 9.53 Å². The van der Waals surface area contributed by atoms with Crippen LogP contribution in [0.3, 0.4) is 0 Å². The van der Waals surface area contributed by atoms with Gasteiger partial charge in [-0.1, -0.05) is 44.6 Å². The zero-order valence-corrected chi connectivity index (χ0v) is 12.4. The normalized spacial score (nSPS) is 23.3. The highest BCUT2D eigenvalue weighted by molar-refractivity contribution is 5.70. The summed E-state index contributed by atoms with van der Waals surface area (Å²) in [7, 11) is 0. The predicted octanol–water partition coefficient (Wildman–Crippen LogP) is 3.22. The molecule has 0 aliphatic heterocycles. The highest BCUT2D eigenvalue weighted by atomic mass is 16.5. The molecular formula is C16H27NO2. The fraction of sp³-hybridized carbons (Fsp3) is 0.688. The first-order valence-electron chi connectivity index (χ1n) is 7.33. The Morgan fingerprint density at radius 3 is 2.79 bits per heavy atom. The molecule has 0 bridgehead atoms. The predicted molar refractivity (Wildman–Crippen MR) is 79.0 cm³/mol. The van der Waals surface area contributed by atoms with Crippen molar-refractivity contribution in [3.63, 3.8) is 0 Å². The van der Waals surface area contributed by atoms with Crippen LogP contribution in [-0.4, -0.2) is 25.2 Å². The second kappa shape index (κ2) is 8.16. The average molecular weight is 265 g/mol. The second-order valence-electron chi connectivity index (χ2n) is 5.52. The molecule has 0 aromatic rings. The van der Waals surface area contributed by atoms with Crippen LogP contribution >= 0.6 is 0 Å². The Bertz CT molecular complexity index is 336. The van der Waals surface area contributed by atoms with Gasteiger partial charge in [0.1, 0.15) is 0 Å². The molecule has 0 radical (unpaired) electrons. The fourth-order valence-electron chi connectivity index (χ4n) is 2.33. The lowest BCUT2D eigenvalue weighted by Crippen LogP contribution is -2.39. The lowest BCUT2D eigenvalue weighted by atomic mass is 9.83. The van der Waals surface area contributed by atoms with E-state index in [4.69, 9.17) is 4.74 Å². The molecule has 0 aromatic heterocycles. The molecule has 3 heteroatoms. The highest BCUT2D eigenvalue weighted by Crippen LogP contribution is 2.26. The summed E-state index contributed by atoms with van der Waals surface area (Å²) in [6.07, 6.45) is 12.2. The van der Waals surface area contributed by atoms with Gasteiger partial charge in [-0.15, -0.1) is 0 Å². The molecule has 19 heavy (non-hydrogen) atoms. The van der Waals surface area contributed by atoms with Gasteiger partial charge in [-0.2, -0.15) is 0 Å². The van der Waals surface area contributed by atoms with Crippen LogP contribution in [0.25, 0.3) is 0 Å². The topological polar surface area (TPSA) is 38.3 Å². The smallest absolute Gasteiger partial charge is 0.307 e. The van der Waals surface area contributed by atoms with Crippen molar-refractivity contribution in [2.75, 3.05) is 13.2 Å². The van der Waals surface area contributed by atoms with Gasteiger partial charge in [-0.3, -0.25) is 4.79 Å². The quantitative estimate of drug-likeness (QED) is 0.685. The first kappa shape index (κ1) is 16.0. The summed E-state index contributed by atoms with van der Waals surface area (Å²) >= 11 is 0. The molecule has 1 N–H and O–H groups in total. The van der Waals surface area contributed by atoms with Crippen LogP contribution in [0.5, 0.6) is 0 Å². The Morgan fingerprint density at radius 1 is 1.42 bits per heavy atom. The molecule has 0 heterocycles. The Kier molecular flexibility index (Phi) is 6.85. The van der Waals surface area contributed by atoms with Gasteiger partial charge in [-0.25, -0.2) is 0 Å². The van der Waals surface area contributed by atoms with Crippen molar-refractivity contribution >= 4 is 5.97 Å². The van der Waals surface area contributed by atoms with Crippen LogP contribution in [-0.2, 0) is 9.53 Å². The zero-order valence-electron chi connectivity index (χ0n) is 12.4. The van der Waals surface area contributed by atoms with Crippen molar-refractivity contribution in [1.29, 1.82) is 0 Å². The zero-order chi connectivity index (χ0) is 14.1. The molecule has 3 nitrogen and oxygen atoms in total. The number of nitrogens with one attached hydrogen (secondary N) is 1. The summed E-state index contributed by atoms with van der Waals surface area (Å²) < 4.78 is 5.03. The lowest BCUT2D eigenvalue weighted by Gasteiger charge is -2.29. The number of esters is 1. The van der Waals surface area contributed by atoms with Crippen LogP contribution in [0.15, 0.2) is 24.3 Å². The van der Waals surface area contributed by atoms with E-state index in [1.54, 1.807) is 0 Å². The second-order valence-corrected chi connectivity index (χ2v) is 5.52. The van der Waals surface area contributed by atoms with E-state index in [0.29, 0.717) is 13.0 Å². The van der Waals surface area contributed by atoms with Crippen molar-refractivity contribution in [2.45, 2.75) is 52.5 Å². The van der Waals surface area contributed by atoms with Gasteiger partial charge in [0.05, 0.1) is 13.0 Å². The third-order valence-electron chi connectivity index (χ3n) is 3.48. The van der Waals surface area contributed by atoms with E-state index in [1.807, 2.05) is 6.92 Å². The molecule has 0 saturated heterocycles. The van der Waals surface area contributed by atoms with E-state index < -0.39 is 0 Å². The number of ether oxygens (including phenoxy) is 1. The standard InChI is InChI=1S/C16H27NO2/c1-4-9-14(12-15(18)19-5-2)17-13-16(3)10-7-6-8-11-16/h6-8,10,14,17H,4-5,9,11-13H2,1-3H3. The number of carbonyl (C=O) groups excluding carboxylic acids is 1. The number of hydrogen-bond acceptors (Lipinski definition) is 3. The molecule has 0 amide bonds. The molecule has 0 aromatic carbocycles. The first-order valence-corrected chi connectivity index (χ1v) is 7.33. The maximum Gasteiger partial charge on any atom is 0.307 e. The van der Waals surface area contributed by atoms with E-state index >= 15 is 0 Å². The third-order valence-corrected chi connectivity index (χ3v) is 3.48. The van der Waals surface area contributed by atoms with Crippen LogP contribution in [0.1, 0.15) is 46.5 Å². The van der Waals surface area contributed by atoms with Gasteiger partial charge in [0.2, 0.25) is 0 Å². The Balaban J connectivity index is 2.42. The summed E-state index contributed by atoms with van der Waals surface area (Å²) in [6.45, 7) is 7.60. The SMILES string of the molecule is CCCC(CC(=O)OCC)NCC1(C)C=CC=CC1. The van der Waals surface area contributed by atoms with Crippen LogP contribution < -0.4 is 5.32 Å². The molecule has 0 fully saturated rings. The van der Waals surface area contributed by atoms with E-state index in [1.165, 1.54) is 0 Å². The van der Waals surface area contributed by atoms with E-state index in [-0.39, 0.29) is 17.4 Å². The van der Waals surface area contributed by atoms with Crippen LogP contribution in [0.4, 0.5) is 0 Å². The van der Waals surface area contributed by atoms with Gasteiger partial charge >= 0.3 is 5.97 Å². The van der Waals surface area contributed by atoms with Crippen molar-refractivity contribution in [2.24, 2.45) is 5.41 Å². The number of hydrogen-bond donors (Lipinski definition) is 1. The van der Waals surface area contributed by atoms with Gasteiger partial charge in [0.25, 0.3) is 0 Å². The molecule has 0 spiro atoms. The van der Waals surface area contributed by atoms with Gasteiger partial charge in [-0.05, 0) is 19.8 Å². The summed E-state index contributed by atoms with van der Waals surface area (Å²) in [6, 6.07) is 0.222. The maximum absolute atomic E-state index is 11.6. The van der Waals surface area contributed by atoms with Crippen LogP contribution in [0.2, 0.25) is 0 Å². The van der Waals surface area contributed by atoms with Gasteiger partial charge < -0.3 is 10.1 Å². The molecule has 0 saturated carbocycles. The van der Waals surface area contributed by atoms with Gasteiger partial charge in [0.15, 0.2) is 0 Å². The monoisotopic (exact) mass is 265 g/mol. The molecule has 2 unspecified atom stereocenters. The summed E-state index contributed by atoms with van der Waals surface area (Å²) in [5.74, 6) is -0.0994. The number of allylic oxidation sites excluding steroid dienone is 3. The molecule has 1 aliphatic carbocycles. The number of carbonyl (C=O) groups is 1. The third kappa shape index (κ3) is 6.06. The van der Waals surface area contributed by atoms with E-state index in [9.17, 15) is 4.79 Å². The lowest BCUT2D eigenvalue weighted by molar-refractivity contribution is -0.143. The maximum atomic E-state index is 11.6. The van der Waals surface area contributed by atoms with E-state index in [0.717, 1.165) is 25.8 Å². The molecule has 108 valence electrons. The Morgan fingerprint density at radius 2 is 2.21 bits per heavy atom. The number of rotatable bonds is 8. The molecular weight excluding hydrogens is 238 g/mol. The molecule has 1 aliphatic rings. The van der Waals surface area contributed by atoms with Crippen molar-refractivity contribution in [3.05, 3.63) is 24.3 Å². The molecule has 2 atom stereocenters. The summed E-state index contributed by atoms with van der Waals surface area (Å²) in [5.41, 5.74) is 0.162. The van der Waals surface area contributed by atoms with E-state index in [2.05, 4.69) is 43.5 Å². The largest absolute Gasteiger partial charge is 0.466 e. The van der Waals surface area contributed by atoms with Crippen LogP contribution in [0, 0.1) is 5.41 Å². The first-order chi connectivity index (χ1) is 9.09. The minimum absolute atomic E-state index is 0.0994. The fourth-order valence-corrected chi connectivity index (χ4v) is 2.33. The van der Waals surface area contributed by atoms with Gasteiger partial charge in [0, 0.05) is 18.0 Å². The van der Waals surface area contributed by atoms with Crippen molar-refractivity contribution in [1.82, 2.24) is 5.32 Å². The average Bonchev–Trinajstić information content (AvgIpc) is 2.37. The summed E-state index contributed by atoms with van der Waals surface area (Å²) in [4.78, 5) is 11.6. The molecule has 1 rings (SSSR count). The Hall–Kier alpha value is -1.09. The summed E-state index contributed by atoms with van der Waals surface area (Å²) in [5, 5.41) is 3.53. The Labute approximate surface area is 117 Å². The van der Waals surface area contributed by atoms with Crippen molar-refractivity contribution in [3.8, 4) is 0 Å². The minimum Gasteiger partial charge on any atom is -0.466 e. The highest BCUT2D eigenvalue weighted by Gasteiger charge is 2.23.